The van der Waals surface area contributed by atoms with Crippen LogP contribution in [0, 0.1) is 20.8 Å². The normalized spacial score (nSPS) is 10.9. The Morgan fingerprint density at radius 1 is 1.10 bits per heavy atom. The third-order valence-electron chi connectivity index (χ3n) is 5.15. The molecule has 0 radical (unpaired) electrons. The number of primary amides is 1. The SMILES string of the molecule is Cc1cccc(C)c1Nc1c(-c2c(C)cc(O)cc2OCC(N)=O)nc2ccccn12. The van der Waals surface area contributed by atoms with Crippen LogP contribution in [0.25, 0.3) is 16.9 Å². The number of rotatable bonds is 6. The average molecular weight is 416 g/mol. The van der Waals surface area contributed by atoms with E-state index in [1.165, 1.54) is 6.07 Å². The Kier molecular flexibility index (Phi) is 5.25. The zero-order chi connectivity index (χ0) is 22.1. The molecular formula is C24H24N4O3. The molecule has 31 heavy (non-hydrogen) atoms. The molecule has 0 saturated carbocycles. The van der Waals surface area contributed by atoms with Crippen molar-refractivity contribution < 1.29 is 14.6 Å². The van der Waals surface area contributed by atoms with Crippen LogP contribution in [-0.2, 0) is 4.79 Å². The number of phenolic OH excluding ortho intramolecular Hbond substituents is 1. The number of benzene rings is 2. The van der Waals surface area contributed by atoms with Gasteiger partial charge in [-0.2, -0.15) is 0 Å². The molecule has 7 heteroatoms. The van der Waals surface area contributed by atoms with Gasteiger partial charge >= 0.3 is 0 Å². The first kappa shape index (κ1) is 20.3. The molecule has 0 aliphatic carbocycles. The van der Waals surface area contributed by atoms with Crippen LogP contribution in [0.1, 0.15) is 16.7 Å². The summed E-state index contributed by atoms with van der Waals surface area (Å²) in [4.78, 5) is 16.2. The first-order valence-electron chi connectivity index (χ1n) is 9.90. The van der Waals surface area contributed by atoms with E-state index in [2.05, 4.69) is 5.32 Å². The van der Waals surface area contributed by atoms with Gasteiger partial charge in [0.25, 0.3) is 5.91 Å². The number of pyridine rings is 1. The maximum Gasteiger partial charge on any atom is 0.255 e. The second kappa shape index (κ2) is 8.02. The number of nitrogens with two attached hydrogens (primary N) is 1. The van der Waals surface area contributed by atoms with Crippen molar-refractivity contribution in [3.8, 4) is 22.8 Å². The molecule has 0 spiro atoms. The number of amides is 1. The molecular weight excluding hydrogens is 392 g/mol. The lowest BCUT2D eigenvalue weighted by Gasteiger charge is -2.17. The van der Waals surface area contributed by atoms with Gasteiger partial charge in [-0.05, 0) is 55.7 Å². The number of aromatic hydroxyl groups is 1. The summed E-state index contributed by atoms with van der Waals surface area (Å²) in [7, 11) is 0. The molecule has 158 valence electrons. The predicted molar refractivity (Wildman–Crippen MR) is 121 cm³/mol. The highest BCUT2D eigenvalue weighted by molar-refractivity contribution is 5.86. The number of nitrogens with one attached hydrogen (secondary N) is 1. The fourth-order valence-electron chi connectivity index (χ4n) is 3.72. The summed E-state index contributed by atoms with van der Waals surface area (Å²) >= 11 is 0. The van der Waals surface area contributed by atoms with E-state index >= 15 is 0 Å². The third kappa shape index (κ3) is 3.90. The van der Waals surface area contributed by atoms with Gasteiger partial charge in [0.2, 0.25) is 0 Å². The zero-order valence-corrected chi connectivity index (χ0v) is 17.6. The number of hydrogen-bond donors (Lipinski definition) is 3. The van der Waals surface area contributed by atoms with Crippen LogP contribution < -0.4 is 15.8 Å². The van der Waals surface area contributed by atoms with Crippen LogP contribution in [0.5, 0.6) is 11.5 Å². The van der Waals surface area contributed by atoms with Crippen LogP contribution in [0.15, 0.2) is 54.7 Å². The lowest BCUT2D eigenvalue weighted by Crippen LogP contribution is -2.20. The molecule has 0 unspecified atom stereocenters. The quantitative estimate of drug-likeness (QED) is 0.436. The number of carbonyl (C=O) groups excluding carboxylic acids is 1. The highest BCUT2D eigenvalue weighted by Crippen LogP contribution is 2.41. The van der Waals surface area contributed by atoms with E-state index < -0.39 is 5.91 Å². The Labute approximate surface area is 180 Å². The molecule has 2 aromatic carbocycles. The van der Waals surface area contributed by atoms with E-state index in [4.69, 9.17) is 15.5 Å². The summed E-state index contributed by atoms with van der Waals surface area (Å²) in [6, 6.07) is 15.0. The standard InChI is InChI=1S/C24H24N4O3/c1-14-7-6-8-15(2)22(14)27-24-23(26-20-9-4-5-10-28(20)24)21-16(3)11-17(29)12-18(21)31-13-19(25)30/h4-12,27,29H,13H2,1-3H3,(H2,25,30). The zero-order valence-electron chi connectivity index (χ0n) is 17.6. The van der Waals surface area contributed by atoms with E-state index in [-0.39, 0.29) is 12.4 Å². The number of aryl methyl sites for hydroxylation is 3. The van der Waals surface area contributed by atoms with Crippen molar-refractivity contribution in [1.29, 1.82) is 0 Å². The number of fused-ring (bicyclic) bond motifs is 1. The Morgan fingerprint density at radius 2 is 1.84 bits per heavy atom. The molecule has 0 aliphatic rings. The predicted octanol–water partition coefficient (Wildman–Crippen LogP) is 4.24. The molecule has 4 aromatic rings. The molecule has 0 bridgehead atoms. The minimum atomic E-state index is -0.601. The molecule has 7 nitrogen and oxygen atoms in total. The molecule has 0 atom stereocenters. The van der Waals surface area contributed by atoms with Crippen LogP contribution >= 0.6 is 0 Å². The van der Waals surface area contributed by atoms with Crippen molar-refractivity contribution in [3.05, 3.63) is 71.4 Å². The number of imidazole rings is 1. The van der Waals surface area contributed by atoms with Gasteiger partial charge in [0.1, 0.15) is 28.7 Å². The van der Waals surface area contributed by atoms with Crippen molar-refractivity contribution in [2.45, 2.75) is 20.8 Å². The van der Waals surface area contributed by atoms with E-state index in [0.29, 0.717) is 17.0 Å². The Hall–Kier alpha value is -4.00. The van der Waals surface area contributed by atoms with Crippen LogP contribution in [0.2, 0.25) is 0 Å². The second-order valence-electron chi connectivity index (χ2n) is 7.52. The van der Waals surface area contributed by atoms with Crippen molar-refractivity contribution in [2.24, 2.45) is 5.73 Å². The van der Waals surface area contributed by atoms with E-state index in [0.717, 1.165) is 33.8 Å². The lowest BCUT2D eigenvalue weighted by molar-refractivity contribution is -0.119. The molecule has 4 N–H and O–H groups in total. The van der Waals surface area contributed by atoms with Crippen LogP contribution in [-0.4, -0.2) is 27.0 Å². The number of hydrogen-bond acceptors (Lipinski definition) is 5. The minimum absolute atomic E-state index is 0.0359. The van der Waals surface area contributed by atoms with E-state index in [1.807, 2.05) is 67.8 Å². The Balaban J connectivity index is 1.95. The lowest BCUT2D eigenvalue weighted by atomic mass is 10.0. The molecule has 2 heterocycles. The number of aromatic nitrogens is 2. The third-order valence-corrected chi connectivity index (χ3v) is 5.15. The highest BCUT2D eigenvalue weighted by Gasteiger charge is 2.22. The number of nitrogens with zero attached hydrogens (tertiary/aromatic N) is 2. The number of ether oxygens (including phenoxy) is 1. The summed E-state index contributed by atoms with van der Waals surface area (Å²) in [5.74, 6) is 0.527. The second-order valence-corrected chi connectivity index (χ2v) is 7.52. The van der Waals surface area contributed by atoms with Gasteiger partial charge < -0.3 is 20.9 Å². The molecule has 0 aliphatic heterocycles. The Bertz CT molecular complexity index is 1270. The van der Waals surface area contributed by atoms with Crippen LogP contribution in [0.3, 0.4) is 0 Å². The first-order valence-corrected chi connectivity index (χ1v) is 9.90. The number of carbonyl (C=O) groups is 1. The maximum absolute atomic E-state index is 11.3. The number of phenols is 1. The first-order chi connectivity index (χ1) is 14.8. The molecule has 0 fully saturated rings. The summed E-state index contributed by atoms with van der Waals surface area (Å²) in [5, 5.41) is 13.7. The smallest absolute Gasteiger partial charge is 0.255 e. The number of para-hydroxylation sites is 1. The fourth-order valence-corrected chi connectivity index (χ4v) is 3.72. The van der Waals surface area contributed by atoms with Crippen LogP contribution in [0.4, 0.5) is 11.5 Å². The molecule has 4 rings (SSSR count). The Morgan fingerprint density at radius 3 is 2.55 bits per heavy atom. The van der Waals surface area contributed by atoms with E-state index in [9.17, 15) is 9.90 Å². The van der Waals surface area contributed by atoms with Crippen molar-refractivity contribution >= 4 is 23.1 Å². The van der Waals surface area contributed by atoms with E-state index in [1.54, 1.807) is 6.07 Å². The summed E-state index contributed by atoms with van der Waals surface area (Å²) in [6.07, 6.45) is 1.93. The molecule has 0 saturated heterocycles. The van der Waals surface area contributed by atoms with Gasteiger partial charge in [0, 0.05) is 23.5 Å². The topological polar surface area (TPSA) is 102 Å². The average Bonchev–Trinajstić information content (AvgIpc) is 3.06. The van der Waals surface area contributed by atoms with Gasteiger partial charge in [0.05, 0.1) is 0 Å². The molecule has 1 amide bonds. The van der Waals surface area contributed by atoms with Crippen molar-refractivity contribution in [3.63, 3.8) is 0 Å². The minimum Gasteiger partial charge on any atom is -0.508 e. The monoisotopic (exact) mass is 416 g/mol. The largest absolute Gasteiger partial charge is 0.508 e. The van der Waals surface area contributed by atoms with Gasteiger partial charge in [-0.1, -0.05) is 24.3 Å². The van der Waals surface area contributed by atoms with Crippen molar-refractivity contribution in [1.82, 2.24) is 9.38 Å². The number of anilines is 2. The summed E-state index contributed by atoms with van der Waals surface area (Å²) in [5.41, 5.74) is 11.3. The van der Waals surface area contributed by atoms with Gasteiger partial charge in [0.15, 0.2) is 6.61 Å². The maximum atomic E-state index is 11.3. The fraction of sp³-hybridized carbons (Fsp3) is 0.167. The van der Waals surface area contributed by atoms with Crippen molar-refractivity contribution in [2.75, 3.05) is 11.9 Å². The van der Waals surface area contributed by atoms with Gasteiger partial charge in [-0.3, -0.25) is 9.20 Å². The summed E-state index contributed by atoms with van der Waals surface area (Å²) in [6.45, 7) is 5.65. The van der Waals surface area contributed by atoms with Gasteiger partial charge in [-0.25, -0.2) is 4.98 Å². The highest BCUT2D eigenvalue weighted by atomic mass is 16.5. The summed E-state index contributed by atoms with van der Waals surface area (Å²) < 4.78 is 7.62. The van der Waals surface area contributed by atoms with Gasteiger partial charge in [-0.15, -0.1) is 0 Å². The molecule has 2 aromatic heterocycles.